The van der Waals surface area contributed by atoms with Crippen molar-refractivity contribution in [1.82, 2.24) is 9.13 Å². The molecular formula is C37H27ClFN3O3S. The van der Waals surface area contributed by atoms with Crippen LogP contribution in [0.1, 0.15) is 35.2 Å². The summed E-state index contributed by atoms with van der Waals surface area (Å²) in [6.07, 6.45) is 3.91. The van der Waals surface area contributed by atoms with Gasteiger partial charge in [0.05, 0.1) is 28.5 Å². The van der Waals surface area contributed by atoms with Gasteiger partial charge in [0, 0.05) is 39.8 Å². The molecule has 46 heavy (non-hydrogen) atoms. The molecular weight excluding hydrogens is 621 g/mol. The van der Waals surface area contributed by atoms with Crippen LogP contribution in [0.25, 0.3) is 22.7 Å². The number of hydrogen-bond acceptors (Lipinski definition) is 5. The number of ether oxygens (including phenoxy) is 1. The molecule has 0 amide bonds. The Kier molecular flexibility index (Phi) is 7.98. The van der Waals surface area contributed by atoms with E-state index in [0.29, 0.717) is 37.7 Å². The van der Waals surface area contributed by atoms with Crippen molar-refractivity contribution in [2.75, 3.05) is 6.61 Å². The first-order valence-electron chi connectivity index (χ1n) is 14.8. The highest BCUT2D eigenvalue weighted by molar-refractivity contribution is 7.07. The number of aromatic nitrogens is 2. The fraction of sp³-hybridized carbons (Fsp3) is 0.108. The molecule has 0 fully saturated rings. The van der Waals surface area contributed by atoms with Gasteiger partial charge in [-0.15, -0.1) is 0 Å². The molecule has 6 nitrogen and oxygen atoms in total. The Balaban J connectivity index is 1.44. The Hall–Kier alpha value is -5.05. The molecule has 228 valence electrons. The number of nitrogens with zero attached hydrogens (tertiary/aromatic N) is 3. The van der Waals surface area contributed by atoms with E-state index in [1.165, 1.54) is 28.0 Å². The maximum Gasteiger partial charge on any atom is 0.338 e. The predicted octanol–water partition coefficient (Wildman–Crippen LogP) is 6.73. The number of benzene rings is 4. The quantitative estimate of drug-likeness (QED) is 0.181. The zero-order valence-electron chi connectivity index (χ0n) is 24.7. The first-order chi connectivity index (χ1) is 22.4. The zero-order chi connectivity index (χ0) is 31.8. The number of para-hydroxylation sites is 1. The lowest BCUT2D eigenvalue weighted by Crippen LogP contribution is -2.40. The monoisotopic (exact) mass is 647 g/mol. The van der Waals surface area contributed by atoms with E-state index < -0.39 is 17.8 Å². The molecule has 4 aromatic carbocycles. The van der Waals surface area contributed by atoms with Gasteiger partial charge < -0.3 is 9.30 Å². The van der Waals surface area contributed by atoms with Crippen molar-refractivity contribution in [3.05, 3.63) is 168 Å². The normalized spacial score (nSPS) is 14.8. The minimum Gasteiger partial charge on any atom is -0.463 e. The standard InChI is InChI=1S/C37H27ClFN3O3S/c1-2-45-36(44)32-33(24-8-4-3-5-9-24)40-37-42(34(32)25-14-18-28(39)19-15-25)35(43)31(46-37)20-26-22-41(30-11-7-6-10-29(26)30)21-23-12-16-27(38)17-13-23/h3-20,22,34H,2,21H2,1H3/b31-20-/t34-/m0/s1. The van der Waals surface area contributed by atoms with Crippen LogP contribution in [0.15, 0.2) is 125 Å². The Morgan fingerprint density at radius 3 is 2.43 bits per heavy atom. The molecule has 0 saturated carbocycles. The summed E-state index contributed by atoms with van der Waals surface area (Å²) in [6, 6.07) is 30.1. The molecule has 6 aromatic rings. The molecule has 0 saturated heterocycles. The van der Waals surface area contributed by atoms with Gasteiger partial charge in [-0.1, -0.05) is 95.7 Å². The van der Waals surface area contributed by atoms with Gasteiger partial charge in [-0.05, 0) is 54.5 Å². The number of fused-ring (bicyclic) bond motifs is 2. The van der Waals surface area contributed by atoms with Crippen LogP contribution in [0, 0.1) is 5.82 Å². The molecule has 0 N–H and O–H groups in total. The lowest BCUT2D eigenvalue weighted by atomic mass is 9.93. The van der Waals surface area contributed by atoms with Crippen molar-refractivity contribution in [2.24, 2.45) is 4.99 Å². The largest absolute Gasteiger partial charge is 0.463 e. The summed E-state index contributed by atoms with van der Waals surface area (Å²) < 4.78 is 23.7. The third kappa shape index (κ3) is 5.50. The molecule has 1 aliphatic heterocycles. The van der Waals surface area contributed by atoms with Gasteiger partial charge in [-0.3, -0.25) is 9.36 Å². The highest BCUT2D eigenvalue weighted by atomic mass is 35.5. The van der Waals surface area contributed by atoms with Crippen molar-refractivity contribution < 1.29 is 13.9 Å². The van der Waals surface area contributed by atoms with Crippen LogP contribution in [0.5, 0.6) is 0 Å². The third-order valence-electron chi connectivity index (χ3n) is 7.93. The van der Waals surface area contributed by atoms with Gasteiger partial charge in [0.15, 0.2) is 4.80 Å². The Bertz CT molecular complexity index is 2300. The summed E-state index contributed by atoms with van der Waals surface area (Å²) in [4.78, 5) is 33.3. The summed E-state index contributed by atoms with van der Waals surface area (Å²) >= 11 is 7.36. The second-order valence-electron chi connectivity index (χ2n) is 10.8. The Morgan fingerprint density at radius 1 is 0.978 bits per heavy atom. The van der Waals surface area contributed by atoms with E-state index >= 15 is 0 Å². The van der Waals surface area contributed by atoms with Crippen molar-refractivity contribution in [1.29, 1.82) is 0 Å². The summed E-state index contributed by atoms with van der Waals surface area (Å²) in [7, 11) is 0. The van der Waals surface area contributed by atoms with Gasteiger partial charge in [0.25, 0.3) is 5.56 Å². The highest BCUT2D eigenvalue weighted by Crippen LogP contribution is 2.35. The minimum absolute atomic E-state index is 0.144. The van der Waals surface area contributed by atoms with Crippen LogP contribution in [0.4, 0.5) is 4.39 Å². The molecule has 0 bridgehead atoms. The van der Waals surface area contributed by atoms with Gasteiger partial charge in [0.1, 0.15) is 5.82 Å². The van der Waals surface area contributed by atoms with Gasteiger partial charge >= 0.3 is 5.97 Å². The first kappa shape index (κ1) is 29.6. The lowest BCUT2D eigenvalue weighted by Gasteiger charge is -2.25. The van der Waals surface area contributed by atoms with Crippen LogP contribution in [0.3, 0.4) is 0 Å². The number of carbonyl (C=O) groups excluding carboxylic acids is 1. The van der Waals surface area contributed by atoms with E-state index in [1.54, 1.807) is 19.1 Å². The molecule has 0 unspecified atom stereocenters. The lowest BCUT2D eigenvalue weighted by molar-refractivity contribution is -0.138. The van der Waals surface area contributed by atoms with E-state index in [-0.39, 0.29) is 17.7 Å². The second-order valence-corrected chi connectivity index (χ2v) is 12.3. The zero-order valence-corrected chi connectivity index (χ0v) is 26.3. The summed E-state index contributed by atoms with van der Waals surface area (Å²) in [6.45, 7) is 2.50. The van der Waals surface area contributed by atoms with E-state index in [2.05, 4.69) is 10.6 Å². The van der Waals surface area contributed by atoms with Crippen LogP contribution >= 0.6 is 22.9 Å². The third-order valence-corrected chi connectivity index (χ3v) is 9.17. The molecule has 1 aliphatic rings. The van der Waals surface area contributed by atoms with E-state index in [0.717, 1.165) is 22.0 Å². The smallest absolute Gasteiger partial charge is 0.338 e. The number of thiazole rings is 1. The van der Waals surface area contributed by atoms with Crippen molar-refractivity contribution >= 4 is 51.6 Å². The molecule has 3 heterocycles. The SMILES string of the molecule is CCOC(=O)C1=C(c2ccccc2)N=c2s/c(=C\c3cn(Cc4ccc(Cl)cc4)c4ccccc34)c(=O)n2[C@H]1c1ccc(F)cc1. The Morgan fingerprint density at radius 2 is 1.70 bits per heavy atom. The van der Waals surface area contributed by atoms with Gasteiger partial charge in [-0.2, -0.15) is 0 Å². The van der Waals surface area contributed by atoms with Gasteiger partial charge in [-0.25, -0.2) is 14.2 Å². The van der Waals surface area contributed by atoms with E-state index in [4.69, 9.17) is 21.3 Å². The average Bonchev–Trinajstić information content (AvgIpc) is 3.58. The molecule has 0 radical (unpaired) electrons. The van der Waals surface area contributed by atoms with Crippen molar-refractivity contribution in [3.63, 3.8) is 0 Å². The molecule has 0 spiro atoms. The van der Waals surface area contributed by atoms with E-state index in [9.17, 15) is 14.0 Å². The summed E-state index contributed by atoms with van der Waals surface area (Å²) in [5.41, 5.74) is 4.61. The fourth-order valence-corrected chi connectivity index (χ4v) is 6.97. The maximum absolute atomic E-state index is 14.3. The van der Waals surface area contributed by atoms with Crippen LogP contribution in [-0.4, -0.2) is 21.7 Å². The predicted molar refractivity (Wildman–Crippen MR) is 180 cm³/mol. The first-order valence-corrected chi connectivity index (χ1v) is 16.0. The average molecular weight is 648 g/mol. The fourth-order valence-electron chi connectivity index (χ4n) is 5.85. The second kappa shape index (κ2) is 12.4. The van der Waals surface area contributed by atoms with Crippen LogP contribution in [0.2, 0.25) is 5.02 Å². The molecule has 2 aromatic heterocycles. The molecule has 1 atom stereocenters. The van der Waals surface area contributed by atoms with Crippen molar-refractivity contribution in [3.8, 4) is 0 Å². The molecule has 7 rings (SSSR count). The number of halogens is 2. The maximum atomic E-state index is 14.3. The number of esters is 1. The Labute approximate surface area is 272 Å². The highest BCUT2D eigenvalue weighted by Gasteiger charge is 2.35. The van der Waals surface area contributed by atoms with Crippen molar-refractivity contribution in [2.45, 2.75) is 19.5 Å². The van der Waals surface area contributed by atoms with E-state index in [1.807, 2.05) is 85.1 Å². The van der Waals surface area contributed by atoms with Crippen LogP contribution < -0.4 is 14.9 Å². The number of rotatable bonds is 7. The number of hydrogen-bond donors (Lipinski definition) is 0. The summed E-state index contributed by atoms with van der Waals surface area (Å²) in [5.74, 6) is -1.00. The number of carbonyl (C=O) groups is 1. The molecule has 0 aliphatic carbocycles. The minimum atomic E-state index is -0.875. The van der Waals surface area contributed by atoms with Crippen LogP contribution in [-0.2, 0) is 16.1 Å². The van der Waals surface area contributed by atoms with Gasteiger partial charge in [0.2, 0.25) is 0 Å². The topological polar surface area (TPSA) is 65.6 Å². The summed E-state index contributed by atoms with van der Waals surface area (Å²) in [5, 5.41) is 1.67. The molecule has 9 heteroatoms.